The molecule has 0 aromatic heterocycles. The fourth-order valence-electron chi connectivity index (χ4n) is 15.4. The topological polar surface area (TPSA) is 6.02 Å². The first-order valence-electron chi connectivity index (χ1n) is 29.7. The van der Waals surface area contributed by atoms with Gasteiger partial charge in [0.2, 0.25) is 11.6 Å². The zero-order valence-electron chi connectivity index (χ0n) is 52.0. The van der Waals surface area contributed by atoms with Gasteiger partial charge in [-0.1, -0.05) is 95.1 Å². The molecule has 4 aliphatic rings. The second-order valence-corrected chi connectivity index (χ2v) is 26.4. The van der Waals surface area contributed by atoms with E-state index >= 15 is 105 Å². The third-order valence-electron chi connectivity index (χ3n) is 19.6. The van der Waals surface area contributed by atoms with Crippen LogP contribution < -0.4 is 21.9 Å². The first-order chi connectivity index (χ1) is 47.4. The van der Waals surface area contributed by atoms with Gasteiger partial charge in [0.05, 0.1) is 0 Å². The van der Waals surface area contributed by atoms with Crippen LogP contribution in [0.25, 0.3) is 11.1 Å². The Morgan fingerprint density at radius 3 is 0.618 bits per heavy atom. The number of hydrogen-bond donors (Lipinski definition) is 0. The van der Waals surface area contributed by atoms with E-state index in [-0.39, 0.29) is 11.1 Å². The van der Waals surface area contributed by atoms with Gasteiger partial charge >= 0.3 is 0 Å². The molecule has 0 saturated heterocycles. The maximum absolute atomic E-state index is 16.3. The molecular weight excluding hydrogens is 1440 g/mol. The third-order valence-corrected chi connectivity index (χ3v) is 19.6. The molecule has 536 valence electrons. The van der Waals surface area contributed by atoms with Gasteiger partial charge in [0, 0.05) is 11.1 Å². The van der Waals surface area contributed by atoms with Crippen LogP contribution in [0.1, 0.15) is 75.4 Å². The van der Waals surface area contributed by atoms with Gasteiger partial charge in [0.15, 0.2) is 141 Å². The minimum Gasteiger partial charge on any atom is -0.234 e. The van der Waals surface area contributed by atoms with Gasteiger partial charge < -0.3 is 0 Å². The van der Waals surface area contributed by atoms with E-state index < -0.39 is 290 Å². The smallest absolute Gasteiger partial charge is 0.200 e. The van der Waals surface area contributed by atoms with Crippen molar-refractivity contribution in [3.8, 4) is 0 Å². The van der Waals surface area contributed by atoms with Gasteiger partial charge in [-0.3, -0.25) is 0 Å². The van der Waals surface area contributed by atoms with Crippen molar-refractivity contribution in [2.45, 2.75) is 75.9 Å². The van der Waals surface area contributed by atoms with E-state index in [0.29, 0.717) is 0 Å². The molecule has 2 nitrogen and oxygen atoms in total. The van der Waals surface area contributed by atoms with Crippen molar-refractivity contribution in [2.24, 2.45) is 0 Å². The highest BCUT2D eigenvalue weighted by Gasteiger charge is 2.64. The lowest BCUT2D eigenvalue weighted by Crippen LogP contribution is -2.69. The van der Waals surface area contributed by atoms with Crippen molar-refractivity contribution in [2.75, 3.05) is 13.1 Å². The lowest BCUT2D eigenvalue weighted by Gasteiger charge is -2.48. The predicted molar refractivity (Wildman–Crippen MR) is 309 cm³/mol. The molecule has 4 atom stereocenters. The molecule has 4 heterocycles. The lowest BCUT2D eigenvalue weighted by molar-refractivity contribution is -0.581. The van der Waals surface area contributed by atoms with Gasteiger partial charge in [0.1, 0.15) is 71.3 Å². The second-order valence-electron chi connectivity index (χ2n) is 26.4. The minimum atomic E-state index is -5.24. The fourth-order valence-corrected chi connectivity index (χ4v) is 15.4. The van der Waals surface area contributed by atoms with Crippen molar-refractivity contribution in [3.05, 3.63) is 269 Å². The number of allylic oxidation sites excluding steroid dienone is 2. The fraction of sp³-hybridized carbons (Fsp3) is 0.206. The number of halogens is 30. The molecule has 102 heavy (non-hydrogen) atoms. The van der Waals surface area contributed by atoms with E-state index in [0.717, 1.165) is 36.7 Å². The first-order valence-corrected chi connectivity index (χ1v) is 29.7. The molecule has 34 heteroatoms. The molecule has 0 radical (unpaired) electrons. The van der Waals surface area contributed by atoms with Crippen LogP contribution in [-0.4, -0.2) is 58.0 Å². The summed E-state index contributed by atoms with van der Waals surface area (Å²) >= 11 is 0. The average molecular weight is 1470 g/mol. The Hall–Kier alpha value is -9.39. The molecule has 4 aliphatic heterocycles. The van der Waals surface area contributed by atoms with Gasteiger partial charge in [-0.15, -0.1) is 21.9 Å². The van der Waals surface area contributed by atoms with Crippen LogP contribution >= 0.6 is 0 Å². The van der Waals surface area contributed by atoms with Crippen LogP contribution in [0, 0.1) is 175 Å². The molecule has 0 unspecified atom stereocenters. The zero-order chi connectivity index (χ0) is 75.6. The molecule has 0 fully saturated rings. The van der Waals surface area contributed by atoms with Gasteiger partial charge in [-0.25, -0.2) is 141 Å². The molecule has 8 aromatic carbocycles. The summed E-state index contributed by atoms with van der Waals surface area (Å²) in [7, 11) is 0. The lowest BCUT2D eigenvalue weighted by atomic mass is 9.09. The van der Waals surface area contributed by atoms with E-state index in [4.69, 9.17) is 0 Å². The summed E-state index contributed by atoms with van der Waals surface area (Å²) in [4.78, 5) is 0. The molecule has 0 aliphatic carbocycles. The van der Waals surface area contributed by atoms with E-state index in [2.05, 4.69) is 0 Å². The van der Waals surface area contributed by atoms with E-state index in [1.165, 1.54) is 87.1 Å². The maximum atomic E-state index is 16.3. The molecule has 12 rings (SSSR count). The average Bonchev–Trinajstić information content (AvgIpc) is 1.52. The van der Waals surface area contributed by atoms with Crippen LogP contribution in [0.3, 0.4) is 0 Å². The normalized spacial score (nSPS) is 18.5. The Morgan fingerprint density at radius 2 is 0.431 bits per heavy atom. The summed E-state index contributed by atoms with van der Waals surface area (Å²) in [6, 6.07) is 12.1. The van der Waals surface area contributed by atoms with Crippen molar-refractivity contribution in [1.29, 1.82) is 0 Å². The summed E-state index contributed by atoms with van der Waals surface area (Å²) in [5.74, 6) is -95.7. The first kappa shape index (κ1) is 73.8. The molecule has 0 spiro atoms. The Kier molecular flexibility index (Phi) is 18.3. The maximum Gasteiger partial charge on any atom is 0.200 e. The number of fused-ring (bicyclic) bond motifs is 2. The second kappa shape index (κ2) is 25.2. The van der Waals surface area contributed by atoms with Crippen molar-refractivity contribution in [1.82, 2.24) is 0 Å². The minimum absolute atomic E-state index is 0.299. The number of benzene rings is 8. The molecule has 8 aromatic rings. The zero-order valence-corrected chi connectivity index (χ0v) is 52.0. The molecule has 0 bridgehead atoms. The van der Waals surface area contributed by atoms with E-state index in [1.807, 2.05) is 0 Å². The highest BCUT2D eigenvalue weighted by atomic mass is 19.2. The Balaban J connectivity index is 0.000000205. The quantitative estimate of drug-likeness (QED) is 0.0470. The van der Waals surface area contributed by atoms with Crippen molar-refractivity contribution in [3.63, 3.8) is 0 Å². The highest BCUT2D eigenvalue weighted by molar-refractivity contribution is 7.09. The van der Waals surface area contributed by atoms with Crippen LogP contribution in [0.4, 0.5) is 132 Å². The van der Waals surface area contributed by atoms with E-state index in [1.54, 1.807) is 0 Å². The van der Waals surface area contributed by atoms with Crippen LogP contribution in [0.15, 0.2) is 71.8 Å². The highest BCUT2D eigenvalue weighted by Crippen LogP contribution is 2.61. The van der Waals surface area contributed by atoms with Crippen LogP contribution in [-0.2, 0) is 0 Å². The summed E-state index contributed by atoms with van der Waals surface area (Å²) in [5.41, 5.74) is -18.5. The monoisotopic (exact) mass is 1470 g/mol. The van der Waals surface area contributed by atoms with E-state index in [9.17, 15) is 26.3 Å². The number of hydrogen-bond acceptors (Lipinski definition) is 0. The number of rotatable bonds is 8. The number of nitrogens with zero attached hydrogens (tertiary/aromatic N) is 2. The largest absolute Gasteiger partial charge is 0.234 e. The van der Waals surface area contributed by atoms with Crippen LogP contribution in [0.2, 0.25) is 11.6 Å². The van der Waals surface area contributed by atoms with Gasteiger partial charge in [0.25, 0.3) is 0 Å². The Labute approximate surface area is 554 Å². The predicted octanol–water partition coefficient (Wildman–Crippen LogP) is 16.8. The van der Waals surface area contributed by atoms with Gasteiger partial charge in [-0.05, 0) is 63.8 Å². The third kappa shape index (κ3) is 10.2. The summed E-state index contributed by atoms with van der Waals surface area (Å²) in [5, 5.41) is 0. The Morgan fingerprint density at radius 1 is 0.255 bits per heavy atom. The molecule has 0 N–H and O–H groups in total. The molecule has 0 amide bonds. The van der Waals surface area contributed by atoms with Crippen LogP contribution in [0.5, 0.6) is 0 Å². The SMILES string of the molecule is CC(C)(C)[N+]1=C[C@@H]2C(=C(c3ccccc3)[C@@H](c3c(F)c(F)c(F)c(F)c3F)[B-]2(c2c(F)c(F)c(F)c(F)c2F)c2c(F)c(F)c(F)c(F)c2F)C1.CC(C)(C)[N+]1=C[C@@H]2C(=C(c3ccccc3)[C@@H](c3c(F)c(F)c(F)c(F)c3F)[B-]2(c2c(F)c(F)c(F)c(F)c2F)c2c(F)c(F)c(F)c(F)c2F)C1. The van der Waals surface area contributed by atoms with Crippen molar-refractivity contribution < 1.29 is 141 Å². The summed E-state index contributed by atoms with van der Waals surface area (Å²) < 4.78 is 466. The molecular formula is C68H38B2F30N2. The van der Waals surface area contributed by atoms with Gasteiger partial charge in [-0.2, -0.15) is 0 Å². The Bertz CT molecular complexity index is 4490. The summed E-state index contributed by atoms with van der Waals surface area (Å²) in [6.07, 6.45) is -8.73. The molecule has 0 saturated carbocycles. The van der Waals surface area contributed by atoms with Crippen molar-refractivity contribution >= 4 is 57.7 Å². The summed E-state index contributed by atoms with van der Waals surface area (Å²) in [6.45, 7) is 7.89. The standard InChI is InChI=1S/2C34H19BF15N/c2*1-34(2,3)51-9-12-13(10-51)35(17-21(38)27(44)32(49)28(45)22(17)39,18-23(40)29(46)33(50)30(47)24(18)41)16(14(12)11-7-5-4-6-8-11)15-19(36)25(42)31(48)26(43)20(15)37/h2*4-8,10,13,16H,9H2,1-3H3/t2*13-,16+/m11/s1.